The number of piperidine rings is 2. The van der Waals surface area contributed by atoms with Crippen molar-refractivity contribution in [3.8, 4) is 11.5 Å². The molecular weight excluding hydrogens is 844 g/mol. The first-order valence-corrected chi connectivity index (χ1v) is 23.8. The summed E-state index contributed by atoms with van der Waals surface area (Å²) < 4.78 is 37.4. The van der Waals surface area contributed by atoms with Crippen LogP contribution in [0.2, 0.25) is 5.02 Å². The summed E-state index contributed by atoms with van der Waals surface area (Å²) >= 11 is 6.55. The minimum Gasteiger partial charge on any atom is -0.497 e. The van der Waals surface area contributed by atoms with Gasteiger partial charge in [-0.15, -0.1) is 0 Å². The zero-order chi connectivity index (χ0) is 44.7. The number of sulfonamides is 1. The van der Waals surface area contributed by atoms with E-state index in [2.05, 4.69) is 77.1 Å². The molecule has 4 heterocycles. The molecule has 3 aliphatic heterocycles. The van der Waals surface area contributed by atoms with E-state index in [9.17, 15) is 18.0 Å². The third-order valence-electron chi connectivity index (χ3n) is 12.2. The normalized spacial score (nSPS) is 17.9. The number of methoxy groups -OCH3 is 2. The molecule has 3 saturated heterocycles. The lowest BCUT2D eigenvalue weighted by atomic mass is 9.99. The number of hydrogen-bond donors (Lipinski definition) is 4. The second kappa shape index (κ2) is 20.4. The van der Waals surface area contributed by atoms with Crippen LogP contribution >= 0.6 is 11.6 Å². The first-order valence-electron chi connectivity index (χ1n) is 21.6. The van der Waals surface area contributed by atoms with E-state index >= 15 is 0 Å². The predicted molar refractivity (Wildman–Crippen MR) is 250 cm³/mol. The van der Waals surface area contributed by atoms with Crippen LogP contribution in [0.1, 0.15) is 50.2 Å². The number of rotatable bonds is 17. The number of imide groups is 1. The van der Waals surface area contributed by atoms with E-state index in [0.717, 1.165) is 99.9 Å². The summed E-state index contributed by atoms with van der Waals surface area (Å²) in [6.07, 6.45) is 8.55. The summed E-state index contributed by atoms with van der Waals surface area (Å²) in [7, 11) is 1.06. The molecule has 1 unspecified atom stereocenters. The molecular formula is C45H59ClN10O6S. The van der Waals surface area contributed by atoms with Gasteiger partial charge in [-0.05, 0) is 86.5 Å². The molecule has 18 heteroatoms. The lowest BCUT2D eigenvalue weighted by molar-refractivity contribution is -0.133. The van der Waals surface area contributed by atoms with Crippen molar-refractivity contribution in [2.45, 2.75) is 64.0 Å². The van der Waals surface area contributed by atoms with Crippen molar-refractivity contribution in [3.63, 3.8) is 0 Å². The fourth-order valence-electron chi connectivity index (χ4n) is 8.58. The van der Waals surface area contributed by atoms with Crippen molar-refractivity contribution >= 4 is 73.6 Å². The summed E-state index contributed by atoms with van der Waals surface area (Å²) in [5.41, 5.74) is 6.06. The van der Waals surface area contributed by atoms with Gasteiger partial charge in [-0.25, -0.2) is 13.4 Å². The number of nitrogens with zero attached hydrogens (tertiary/aromatic N) is 6. The number of aryl methyl sites for hydroxylation is 2. The van der Waals surface area contributed by atoms with Crippen molar-refractivity contribution in [1.29, 1.82) is 0 Å². The molecule has 3 aliphatic rings. The number of aromatic nitrogens is 2. The van der Waals surface area contributed by atoms with Crippen LogP contribution in [0.25, 0.3) is 0 Å². The molecule has 0 aliphatic carbocycles. The quantitative estimate of drug-likeness (QED) is 0.0906. The molecule has 3 fully saturated rings. The van der Waals surface area contributed by atoms with Crippen molar-refractivity contribution in [2.75, 3.05) is 98.5 Å². The zero-order valence-electron chi connectivity index (χ0n) is 36.7. The van der Waals surface area contributed by atoms with E-state index in [1.54, 1.807) is 25.3 Å². The number of benzene rings is 3. The van der Waals surface area contributed by atoms with Gasteiger partial charge in [0.05, 0.1) is 43.7 Å². The van der Waals surface area contributed by atoms with E-state index in [4.69, 9.17) is 21.1 Å². The summed E-state index contributed by atoms with van der Waals surface area (Å²) in [6.45, 7) is 9.43. The summed E-state index contributed by atoms with van der Waals surface area (Å²) in [4.78, 5) is 40.6. The third kappa shape index (κ3) is 11.4. The maximum atomic E-state index is 12.5. The summed E-state index contributed by atoms with van der Waals surface area (Å²) in [6, 6.07) is 17.7. The Morgan fingerprint density at radius 1 is 0.937 bits per heavy atom. The van der Waals surface area contributed by atoms with Gasteiger partial charge in [0.1, 0.15) is 22.6 Å². The average Bonchev–Trinajstić information content (AvgIpc) is 3.28. The van der Waals surface area contributed by atoms with Crippen molar-refractivity contribution in [2.24, 2.45) is 0 Å². The van der Waals surface area contributed by atoms with Gasteiger partial charge in [0.15, 0.2) is 5.82 Å². The summed E-state index contributed by atoms with van der Waals surface area (Å²) in [5, 5.41) is 12.5. The number of halogens is 1. The predicted octanol–water partition coefficient (Wildman–Crippen LogP) is 6.03. The standard InChI is InChI=1S/C45H59ClN10O6S/c1-6-31-26-38(50-45-47-29-35(46)43(52-45)49-36-13-12-34(61-3)27-40(36)53(2)63(5,59)60)41(62-4)28-39(31)56-19-16-33(17-20-56)55-23-21-54(22-24-55)18-8-10-30-9-7-11-32(25-30)48-37-14-15-42(57)51-44(37)58/h7,9,11-13,25-29,33,37,48H,6,8,10,14-24H2,1-5H3,(H,51,57,58)(H2,47,49,50,52). The third-order valence-corrected chi connectivity index (χ3v) is 13.7. The minimum atomic E-state index is -3.58. The molecule has 3 aromatic carbocycles. The topological polar surface area (TPSA) is 174 Å². The van der Waals surface area contributed by atoms with Gasteiger partial charge in [0.25, 0.3) is 0 Å². The SMILES string of the molecule is CCc1cc(Nc2ncc(Cl)c(Nc3ccc(OC)cc3N(C)S(C)(=O)=O)n2)c(OC)cc1N1CCC(N2CCN(CCCc3cccc(NC4CCC(=O)NC4=O)c3)CC2)CC1. The Morgan fingerprint density at radius 3 is 2.41 bits per heavy atom. The smallest absolute Gasteiger partial charge is 0.249 e. The number of piperazine rings is 1. The number of ether oxygens (including phenoxy) is 2. The van der Waals surface area contributed by atoms with Crippen LogP contribution < -0.4 is 39.9 Å². The molecule has 338 valence electrons. The van der Waals surface area contributed by atoms with Crippen LogP contribution in [0.5, 0.6) is 11.5 Å². The maximum Gasteiger partial charge on any atom is 0.249 e. The van der Waals surface area contributed by atoms with Gasteiger partial charge in [0.2, 0.25) is 27.8 Å². The lowest BCUT2D eigenvalue weighted by Gasteiger charge is -2.43. The first kappa shape index (κ1) is 45.7. The van der Waals surface area contributed by atoms with E-state index in [-0.39, 0.29) is 28.8 Å². The Balaban J connectivity index is 0.911. The van der Waals surface area contributed by atoms with Crippen molar-refractivity contribution in [1.82, 2.24) is 25.1 Å². The van der Waals surface area contributed by atoms with Crippen LogP contribution in [0.3, 0.4) is 0 Å². The van der Waals surface area contributed by atoms with Crippen LogP contribution in [0.4, 0.5) is 40.2 Å². The largest absolute Gasteiger partial charge is 0.497 e. The Morgan fingerprint density at radius 2 is 1.71 bits per heavy atom. The molecule has 0 radical (unpaired) electrons. The minimum absolute atomic E-state index is 0.205. The highest BCUT2D eigenvalue weighted by Gasteiger charge is 2.30. The number of carbonyl (C=O) groups excluding carboxylic acids is 2. The van der Waals surface area contributed by atoms with Gasteiger partial charge < -0.3 is 35.2 Å². The number of hydrogen-bond acceptors (Lipinski definition) is 14. The van der Waals surface area contributed by atoms with Gasteiger partial charge in [-0.2, -0.15) is 4.98 Å². The Hall–Kier alpha value is -5.36. The molecule has 0 saturated carbocycles. The fraction of sp³-hybridized carbons (Fsp3) is 0.467. The van der Waals surface area contributed by atoms with Gasteiger partial charge in [-0.1, -0.05) is 30.7 Å². The first-order chi connectivity index (χ1) is 30.3. The van der Waals surface area contributed by atoms with Crippen LogP contribution in [0.15, 0.2) is 60.8 Å². The average molecular weight is 904 g/mol. The lowest BCUT2D eigenvalue weighted by Crippen LogP contribution is -2.53. The highest BCUT2D eigenvalue weighted by molar-refractivity contribution is 7.92. The second-order valence-corrected chi connectivity index (χ2v) is 18.8. The highest BCUT2D eigenvalue weighted by Crippen LogP contribution is 2.38. The van der Waals surface area contributed by atoms with Crippen LogP contribution in [0, 0.1) is 0 Å². The molecule has 4 N–H and O–H groups in total. The molecule has 7 rings (SSSR count). The number of amides is 2. The number of carbonyl (C=O) groups is 2. The van der Waals surface area contributed by atoms with E-state index < -0.39 is 10.0 Å². The molecule has 16 nitrogen and oxygen atoms in total. The van der Waals surface area contributed by atoms with Crippen molar-refractivity contribution < 1.29 is 27.5 Å². The van der Waals surface area contributed by atoms with E-state index in [1.165, 1.54) is 37.2 Å². The monoisotopic (exact) mass is 902 g/mol. The Kier molecular flexibility index (Phi) is 14.8. The second-order valence-electron chi connectivity index (χ2n) is 16.3. The van der Waals surface area contributed by atoms with E-state index in [1.807, 2.05) is 12.1 Å². The van der Waals surface area contributed by atoms with Crippen LogP contribution in [-0.2, 0) is 32.5 Å². The zero-order valence-corrected chi connectivity index (χ0v) is 38.3. The van der Waals surface area contributed by atoms with Crippen LogP contribution in [-0.4, -0.2) is 125 Å². The van der Waals surface area contributed by atoms with Gasteiger partial charge in [0, 0.05) is 82.3 Å². The fourth-order valence-corrected chi connectivity index (χ4v) is 9.23. The van der Waals surface area contributed by atoms with Gasteiger partial charge >= 0.3 is 0 Å². The number of anilines is 7. The van der Waals surface area contributed by atoms with Crippen molar-refractivity contribution in [3.05, 3.63) is 76.9 Å². The Labute approximate surface area is 375 Å². The molecule has 63 heavy (non-hydrogen) atoms. The van der Waals surface area contributed by atoms with E-state index in [0.29, 0.717) is 47.6 Å². The van der Waals surface area contributed by atoms with Gasteiger partial charge in [-0.3, -0.25) is 24.1 Å². The molecule has 4 aromatic rings. The molecule has 0 spiro atoms. The Bertz CT molecular complexity index is 2370. The highest BCUT2D eigenvalue weighted by atomic mass is 35.5. The molecule has 1 aromatic heterocycles. The molecule has 2 amide bonds. The molecule has 1 atom stereocenters. The summed E-state index contributed by atoms with van der Waals surface area (Å²) in [5.74, 6) is 1.28. The molecule has 0 bridgehead atoms. The number of nitrogens with one attached hydrogen (secondary N) is 4. The maximum absolute atomic E-state index is 12.5.